The summed E-state index contributed by atoms with van der Waals surface area (Å²) in [5, 5.41) is 13.7. The third kappa shape index (κ3) is 3.54. The number of amides is 1. The number of nitrogens with one attached hydrogen (secondary N) is 1. The van der Waals surface area contributed by atoms with Gasteiger partial charge in [-0.2, -0.15) is 5.26 Å². The summed E-state index contributed by atoms with van der Waals surface area (Å²) in [7, 11) is 0. The van der Waals surface area contributed by atoms with Crippen molar-refractivity contribution >= 4 is 22.4 Å². The first kappa shape index (κ1) is 15.6. The fourth-order valence-corrected chi connectivity index (χ4v) is 3.32. The van der Waals surface area contributed by atoms with Gasteiger partial charge >= 0.3 is 0 Å². The minimum absolute atomic E-state index is 0.196. The predicted octanol–water partition coefficient (Wildman–Crippen LogP) is 4.06. The van der Waals surface area contributed by atoms with E-state index in [9.17, 15) is 13.6 Å². The highest BCUT2D eigenvalue weighted by molar-refractivity contribution is 7.14. The van der Waals surface area contributed by atoms with Gasteiger partial charge in [-0.05, 0) is 18.6 Å². The van der Waals surface area contributed by atoms with E-state index >= 15 is 0 Å². The van der Waals surface area contributed by atoms with Crippen molar-refractivity contribution in [3.05, 3.63) is 35.2 Å². The normalized spacial score (nSPS) is 19.3. The molecule has 1 amide bonds. The maximum Gasteiger partial charge on any atom is 0.248 e. The van der Waals surface area contributed by atoms with Crippen molar-refractivity contribution in [2.24, 2.45) is 5.92 Å². The van der Waals surface area contributed by atoms with E-state index in [1.54, 1.807) is 23.6 Å². The SMILES string of the molecule is N#Cc1cccc(-c2csc(NC(=O)C3CCC(F)(F)C3)n2)c1. The summed E-state index contributed by atoms with van der Waals surface area (Å²) in [5.41, 5.74) is 1.93. The molecule has 1 heterocycles. The number of anilines is 1. The molecule has 1 fully saturated rings. The smallest absolute Gasteiger partial charge is 0.248 e. The average Bonchev–Trinajstić information content (AvgIpc) is 3.13. The Bertz CT molecular complexity index is 782. The first-order valence-corrected chi connectivity index (χ1v) is 7.99. The standard InChI is InChI=1S/C16H13F2N3OS/c17-16(18)5-4-12(7-16)14(22)21-15-20-13(9-23-15)11-3-1-2-10(6-11)8-19/h1-3,6,9,12H,4-5,7H2,(H,20,21,22). The molecule has 4 nitrogen and oxygen atoms in total. The van der Waals surface area contributed by atoms with Crippen LogP contribution in [-0.4, -0.2) is 16.8 Å². The van der Waals surface area contributed by atoms with Crippen LogP contribution in [0, 0.1) is 17.2 Å². The highest BCUT2D eigenvalue weighted by atomic mass is 32.1. The Balaban J connectivity index is 1.70. The van der Waals surface area contributed by atoms with Crippen molar-refractivity contribution in [2.75, 3.05) is 5.32 Å². The molecule has 1 saturated carbocycles. The van der Waals surface area contributed by atoms with E-state index < -0.39 is 24.2 Å². The molecular formula is C16H13F2N3OS. The van der Waals surface area contributed by atoms with Gasteiger partial charge < -0.3 is 5.32 Å². The van der Waals surface area contributed by atoms with Crippen molar-refractivity contribution in [2.45, 2.75) is 25.2 Å². The number of hydrogen-bond acceptors (Lipinski definition) is 4. The number of halogens is 2. The van der Waals surface area contributed by atoms with Crippen molar-refractivity contribution in [1.82, 2.24) is 4.98 Å². The number of hydrogen-bond donors (Lipinski definition) is 1. The summed E-state index contributed by atoms with van der Waals surface area (Å²) < 4.78 is 26.3. The lowest BCUT2D eigenvalue weighted by Crippen LogP contribution is -2.22. The number of thiazole rings is 1. The zero-order chi connectivity index (χ0) is 16.4. The Morgan fingerprint density at radius 2 is 2.30 bits per heavy atom. The lowest BCUT2D eigenvalue weighted by atomic mass is 10.1. The monoisotopic (exact) mass is 333 g/mol. The van der Waals surface area contributed by atoms with Crippen LogP contribution in [0.3, 0.4) is 0 Å². The van der Waals surface area contributed by atoms with Gasteiger partial charge in [0.2, 0.25) is 11.8 Å². The summed E-state index contributed by atoms with van der Waals surface area (Å²) >= 11 is 1.23. The van der Waals surface area contributed by atoms with E-state index in [1.165, 1.54) is 11.3 Å². The van der Waals surface area contributed by atoms with Crippen LogP contribution in [-0.2, 0) is 4.79 Å². The first-order chi connectivity index (χ1) is 11.0. The maximum absolute atomic E-state index is 13.2. The number of aromatic nitrogens is 1. The van der Waals surface area contributed by atoms with Gasteiger partial charge in [0.15, 0.2) is 5.13 Å². The molecule has 23 heavy (non-hydrogen) atoms. The summed E-state index contributed by atoms with van der Waals surface area (Å²) in [6.07, 6.45) is -0.447. The van der Waals surface area contributed by atoms with E-state index in [1.807, 2.05) is 6.07 Å². The molecule has 0 spiro atoms. The molecule has 3 rings (SSSR count). The number of carbonyl (C=O) groups excluding carboxylic acids is 1. The van der Waals surface area contributed by atoms with Crippen LogP contribution in [0.5, 0.6) is 0 Å². The number of alkyl halides is 2. The van der Waals surface area contributed by atoms with E-state index in [2.05, 4.69) is 16.4 Å². The highest BCUT2D eigenvalue weighted by Gasteiger charge is 2.42. The van der Waals surface area contributed by atoms with Gasteiger partial charge in [-0.1, -0.05) is 12.1 Å². The van der Waals surface area contributed by atoms with Crippen LogP contribution in [0.1, 0.15) is 24.8 Å². The van der Waals surface area contributed by atoms with Gasteiger partial charge in [0.05, 0.1) is 17.3 Å². The minimum atomic E-state index is -2.74. The first-order valence-electron chi connectivity index (χ1n) is 7.12. The molecule has 7 heteroatoms. The number of rotatable bonds is 3. The molecule has 1 aliphatic rings. The van der Waals surface area contributed by atoms with Gasteiger partial charge in [-0.25, -0.2) is 13.8 Å². The van der Waals surface area contributed by atoms with Crippen LogP contribution >= 0.6 is 11.3 Å². The van der Waals surface area contributed by atoms with Crippen molar-refractivity contribution in [1.29, 1.82) is 5.26 Å². The number of carbonyl (C=O) groups is 1. The van der Waals surface area contributed by atoms with Crippen LogP contribution in [0.15, 0.2) is 29.6 Å². The van der Waals surface area contributed by atoms with Crippen LogP contribution in [0.2, 0.25) is 0 Å². The third-order valence-corrected chi connectivity index (χ3v) is 4.55. The van der Waals surface area contributed by atoms with Gasteiger partial charge in [0.25, 0.3) is 0 Å². The highest BCUT2D eigenvalue weighted by Crippen LogP contribution is 2.39. The zero-order valence-electron chi connectivity index (χ0n) is 12.1. The molecule has 0 radical (unpaired) electrons. The minimum Gasteiger partial charge on any atom is -0.302 e. The van der Waals surface area contributed by atoms with E-state index in [0.717, 1.165) is 5.56 Å². The van der Waals surface area contributed by atoms with Crippen molar-refractivity contribution in [3.63, 3.8) is 0 Å². The Labute approximate surface area is 135 Å². The summed E-state index contributed by atoms with van der Waals surface area (Å²) in [6.45, 7) is 0. The molecule has 1 unspecified atom stereocenters. The Kier molecular flexibility index (Phi) is 4.09. The molecule has 1 aliphatic carbocycles. The zero-order valence-corrected chi connectivity index (χ0v) is 12.9. The summed E-state index contributed by atoms with van der Waals surface area (Å²) in [4.78, 5) is 16.3. The number of benzene rings is 1. The van der Waals surface area contributed by atoms with E-state index in [-0.39, 0.29) is 12.8 Å². The van der Waals surface area contributed by atoms with Crippen molar-refractivity contribution in [3.8, 4) is 17.3 Å². The molecule has 1 aromatic heterocycles. The summed E-state index contributed by atoms with van der Waals surface area (Å²) in [5.74, 6) is -3.82. The molecule has 0 aliphatic heterocycles. The van der Waals surface area contributed by atoms with Gasteiger partial charge in [0, 0.05) is 29.7 Å². The average molecular weight is 333 g/mol. The largest absolute Gasteiger partial charge is 0.302 e. The number of nitriles is 1. The molecule has 1 aromatic carbocycles. The van der Waals surface area contributed by atoms with Crippen LogP contribution in [0.4, 0.5) is 13.9 Å². The molecule has 118 valence electrons. The molecule has 1 atom stereocenters. The lowest BCUT2D eigenvalue weighted by Gasteiger charge is -2.09. The molecular weight excluding hydrogens is 320 g/mol. The molecule has 0 bridgehead atoms. The number of nitrogens with zero attached hydrogens (tertiary/aromatic N) is 2. The Morgan fingerprint density at radius 3 is 3.00 bits per heavy atom. The second-order valence-corrected chi connectivity index (χ2v) is 6.37. The topological polar surface area (TPSA) is 65.8 Å². The Hall–Kier alpha value is -2.33. The van der Waals surface area contributed by atoms with Crippen molar-refractivity contribution < 1.29 is 13.6 Å². The molecule has 2 aromatic rings. The fourth-order valence-electron chi connectivity index (χ4n) is 2.59. The van der Waals surface area contributed by atoms with Gasteiger partial charge in [-0.3, -0.25) is 4.79 Å². The molecule has 0 saturated heterocycles. The quantitative estimate of drug-likeness (QED) is 0.921. The van der Waals surface area contributed by atoms with E-state index in [0.29, 0.717) is 16.4 Å². The molecule has 1 N–H and O–H groups in total. The third-order valence-electron chi connectivity index (χ3n) is 3.80. The maximum atomic E-state index is 13.2. The van der Waals surface area contributed by atoms with Crippen LogP contribution in [0.25, 0.3) is 11.3 Å². The second kappa shape index (κ2) is 6.05. The van der Waals surface area contributed by atoms with Crippen LogP contribution < -0.4 is 5.32 Å². The van der Waals surface area contributed by atoms with Gasteiger partial charge in [0.1, 0.15) is 0 Å². The fraction of sp³-hybridized carbons (Fsp3) is 0.312. The summed E-state index contributed by atoms with van der Waals surface area (Å²) in [6, 6.07) is 9.03. The Morgan fingerprint density at radius 1 is 1.48 bits per heavy atom. The van der Waals surface area contributed by atoms with Gasteiger partial charge in [-0.15, -0.1) is 11.3 Å². The predicted molar refractivity (Wildman–Crippen MR) is 83.2 cm³/mol. The second-order valence-electron chi connectivity index (χ2n) is 5.52. The lowest BCUT2D eigenvalue weighted by molar-refractivity contribution is -0.120. The van der Waals surface area contributed by atoms with E-state index in [4.69, 9.17) is 5.26 Å².